The number of anilines is 1. The Bertz CT molecular complexity index is 1300. The third-order valence-corrected chi connectivity index (χ3v) is 4.96. The van der Waals surface area contributed by atoms with Crippen LogP contribution in [-0.4, -0.2) is 24.2 Å². The summed E-state index contributed by atoms with van der Waals surface area (Å²) in [5.41, 5.74) is 4.75. The Labute approximate surface area is 162 Å². The maximum absolute atomic E-state index is 11.6. The summed E-state index contributed by atoms with van der Waals surface area (Å²) in [7, 11) is -3.38. The molecule has 2 aromatic carbocycles. The van der Waals surface area contributed by atoms with Crippen molar-refractivity contribution in [1.29, 1.82) is 5.26 Å². The minimum Gasteiger partial charge on any atom is -0.314 e. The second kappa shape index (κ2) is 6.83. The molecular weight excluding hydrogens is 372 g/mol. The van der Waals surface area contributed by atoms with E-state index in [-0.39, 0.29) is 0 Å². The van der Waals surface area contributed by atoms with Crippen molar-refractivity contribution < 1.29 is 8.42 Å². The summed E-state index contributed by atoms with van der Waals surface area (Å²) in [5, 5.41) is 10.00. The number of sulfonamides is 1. The van der Waals surface area contributed by atoms with Crippen molar-refractivity contribution in [1.82, 2.24) is 9.55 Å². The summed E-state index contributed by atoms with van der Waals surface area (Å²) in [6.45, 7) is 0. The average molecular weight is 388 g/mol. The van der Waals surface area contributed by atoms with Crippen molar-refractivity contribution >= 4 is 26.6 Å². The summed E-state index contributed by atoms with van der Waals surface area (Å²) in [4.78, 5) is 4.19. The van der Waals surface area contributed by atoms with Gasteiger partial charge in [-0.2, -0.15) is 5.26 Å². The number of nitrogens with one attached hydrogen (secondary N) is 1. The third-order valence-electron chi connectivity index (χ3n) is 4.36. The number of nitrogens with zero attached hydrogens (tertiary/aromatic N) is 3. The van der Waals surface area contributed by atoms with E-state index in [4.69, 9.17) is 5.26 Å². The Morgan fingerprint density at radius 1 is 1.11 bits per heavy atom. The van der Waals surface area contributed by atoms with Crippen molar-refractivity contribution in [2.75, 3.05) is 11.0 Å². The van der Waals surface area contributed by atoms with Crippen LogP contribution in [0.5, 0.6) is 0 Å². The molecule has 2 aromatic heterocycles. The first-order chi connectivity index (χ1) is 13.4. The van der Waals surface area contributed by atoms with Crippen molar-refractivity contribution in [3.8, 4) is 22.9 Å². The van der Waals surface area contributed by atoms with Crippen LogP contribution in [0.25, 0.3) is 27.7 Å². The topological polar surface area (TPSA) is 87.8 Å². The van der Waals surface area contributed by atoms with E-state index >= 15 is 0 Å². The highest BCUT2D eigenvalue weighted by Gasteiger charge is 2.13. The summed E-state index contributed by atoms with van der Waals surface area (Å²) < 4.78 is 27.7. The number of rotatable bonds is 4. The van der Waals surface area contributed by atoms with Crippen LogP contribution in [0.15, 0.2) is 73.2 Å². The minimum atomic E-state index is -3.38. The molecule has 0 saturated carbocycles. The molecule has 0 saturated heterocycles. The zero-order valence-electron chi connectivity index (χ0n) is 15.0. The second-order valence-electron chi connectivity index (χ2n) is 6.42. The van der Waals surface area contributed by atoms with Gasteiger partial charge in [0.2, 0.25) is 10.0 Å². The summed E-state index contributed by atoms with van der Waals surface area (Å²) in [5.74, 6) is 0. The molecule has 138 valence electrons. The first kappa shape index (κ1) is 17.8. The van der Waals surface area contributed by atoms with Crippen molar-refractivity contribution in [3.63, 3.8) is 0 Å². The predicted octanol–water partition coefficient (Wildman–Crippen LogP) is 3.94. The minimum absolute atomic E-state index is 0.490. The van der Waals surface area contributed by atoms with Gasteiger partial charge in [-0.05, 0) is 42.0 Å². The molecule has 7 heteroatoms. The molecule has 0 aliphatic heterocycles. The first-order valence-corrected chi connectivity index (χ1v) is 10.4. The highest BCUT2D eigenvalue weighted by Crippen LogP contribution is 2.34. The van der Waals surface area contributed by atoms with Crippen molar-refractivity contribution in [2.45, 2.75) is 0 Å². The highest BCUT2D eigenvalue weighted by atomic mass is 32.2. The second-order valence-corrected chi connectivity index (χ2v) is 8.17. The molecule has 1 N–H and O–H groups in total. The fourth-order valence-electron chi connectivity index (χ4n) is 3.17. The molecule has 0 unspecified atom stereocenters. The number of fused-ring (bicyclic) bond motifs is 1. The molecule has 0 radical (unpaired) electrons. The maximum Gasteiger partial charge on any atom is 0.229 e. The van der Waals surface area contributed by atoms with Crippen LogP contribution in [-0.2, 0) is 10.0 Å². The maximum atomic E-state index is 11.6. The number of hydrogen-bond donors (Lipinski definition) is 1. The van der Waals surface area contributed by atoms with Crippen molar-refractivity contribution in [3.05, 3.63) is 78.8 Å². The molecule has 0 atom stereocenters. The molecule has 0 spiro atoms. The van der Waals surface area contributed by atoms with E-state index in [1.54, 1.807) is 36.7 Å². The Morgan fingerprint density at radius 3 is 2.54 bits per heavy atom. The van der Waals surface area contributed by atoms with Crippen LogP contribution in [0, 0.1) is 11.3 Å². The van der Waals surface area contributed by atoms with Gasteiger partial charge in [0.1, 0.15) is 0 Å². The van der Waals surface area contributed by atoms with Gasteiger partial charge < -0.3 is 4.57 Å². The van der Waals surface area contributed by atoms with Gasteiger partial charge in [0.25, 0.3) is 0 Å². The quantitative estimate of drug-likeness (QED) is 0.574. The lowest BCUT2D eigenvalue weighted by molar-refractivity contribution is 0.607. The van der Waals surface area contributed by atoms with Gasteiger partial charge >= 0.3 is 0 Å². The van der Waals surface area contributed by atoms with Crippen LogP contribution in [0.3, 0.4) is 0 Å². The van der Waals surface area contributed by atoms with Crippen molar-refractivity contribution in [2.24, 2.45) is 0 Å². The van der Waals surface area contributed by atoms with Gasteiger partial charge in [0.05, 0.1) is 41.0 Å². The van der Waals surface area contributed by atoms with E-state index in [9.17, 15) is 8.42 Å². The molecule has 0 amide bonds. The molecule has 6 nitrogen and oxygen atoms in total. The normalized spacial score (nSPS) is 11.3. The smallest absolute Gasteiger partial charge is 0.229 e. The van der Waals surface area contributed by atoms with E-state index < -0.39 is 10.0 Å². The Kier molecular flexibility index (Phi) is 4.34. The summed E-state index contributed by atoms with van der Waals surface area (Å²) in [6.07, 6.45) is 6.57. The van der Waals surface area contributed by atoms with E-state index in [0.29, 0.717) is 11.3 Å². The van der Waals surface area contributed by atoms with E-state index in [1.165, 1.54) is 0 Å². The lowest BCUT2D eigenvalue weighted by Gasteiger charge is -2.07. The largest absolute Gasteiger partial charge is 0.314 e. The fraction of sp³-hybridized carbons (Fsp3) is 0.0476. The standard InChI is InChI=1S/C21H16N4O2S/c1-28(26,27)24-17-8-9-19-20(16-6-4-15(12-22)5-7-16)14-25(21(19)11-17)18-3-2-10-23-13-18/h2-11,13-14,24H,1H3. The molecule has 0 fully saturated rings. The fourth-order valence-corrected chi connectivity index (χ4v) is 3.72. The van der Waals surface area contributed by atoms with Crippen LogP contribution >= 0.6 is 0 Å². The van der Waals surface area contributed by atoms with Gasteiger partial charge in [0.15, 0.2) is 0 Å². The summed E-state index contributed by atoms with van der Waals surface area (Å²) in [6, 6.07) is 18.7. The Morgan fingerprint density at radius 2 is 1.89 bits per heavy atom. The van der Waals surface area contributed by atoms with Crippen LogP contribution < -0.4 is 4.72 Å². The zero-order valence-corrected chi connectivity index (χ0v) is 15.8. The van der Waals surface area contributed by atoms with Gasteiger partial charge in [-0.15, -0.1) is 0 Å². The number of pyridine rings is 1. The Hall–Kier alpha value is -3.63. The molecular formula is C21H16N4O2S. The molecule has 4 aromatic rings. The molecule has 28 heavy (non-hydrogen) atoms. The Balaban J connectivity index is 1.94. The molecule has 2 heterocycles. The monoisotopic (exact) mass is 388 g/mol. The van der Waals surface area contributed by atoms with E-state index in [0.717, 1.165) is 34.0 Å². The lowest BCUT2D eigenvalue weighted by Crippen LogP contribution is -2.09. The molecule has 4 rings (SSSR count). The summed E-state index contributed by atoms with van der Waals surface area (Å²) >= 11 is 0. The lowest BCUT2D eigenvalue weighted by atomic mass is 10.0. The van der Waals surface area contributed by atoms with E-state index in [2.05, 4.69) is 15.8 Å². The SMILES string of the molecule is CS(=O)(=O)Nc1ccc2c(-c3ccc(C#N)cc3)cn(-c3cccnc3)c2c1. The zero-order chi connectivity index (χ0) is 19.7. The number of aromatic nitrogens is 2. The molecule has 0 aliphatic carbocycles. The van der Waals surface area contributed by atoms with Gasteiger partial charge in [0, 0.05) is 23.3 Å². The van der Waals surface area contributed by atoms with Crippen LogP contribution in [0.2, 0.25) is 0 Å². The predicted molar refractivity (Wildman–Crippen MR) is 110 cm³/mol. The average Bonchev–Trinajstić information content (AvgIpc) is 3.06. The third kappa shape index (κ3) is 3.46. The van der Waals surface area contributed by atoms with Gasteiger partial charge in [-0.1, -0.05) is 18.2 Å². The van der Waals surface area contributed by atoms with Gasteiger partial charge in [-0.25, -0.2) is 8.42 Å². The van der Waals surface area contributed by atoms with Crippen LogP contribution in [0.1, 0.15) is 5.56 Å². The molecule has 0 aliphatic rings. The first-order valence-electron chi connectivity index (χ1n) is 8.48. The molecule has 0 bridgehead atoms. The number of nitriles is 1. The number of hydrogen-bond acceptors (Lipinski definition) is 4. The highest BCUT2D eigenvalue weighted by molar-refractivity contribution is 7.92. The van der Waals surface area contributed by atoms with Crippen LogP contribution in [0.4, 0.5) is 5.69 Å². The number of benzene rings is 2. The van der Waals surface area contributed by atoms with Gasteiger partial charge in [-0.3, -0.25) is 9.71 Å². The van der Waals surface area contributed by atoms with E-state index in [1.807, 2.05) is 41.1 Å².